The van der Waals surface area contributed by atoms with Gasteiger partial charge in [-0.2, -0.15) is 5.10 Å². The molecule has 0 unspecified atom stereocenters. The lowest BCUT2D eigenvalue weighted by molar-refractivity contribution is 0.0955. The fraction of sp³-hybridized carbons (Fsp3) is 0.444. The highest BCUT2D eigenvalue weighted by Gasteiger charge is 2.25. The normalized spacial score (nSPS) is 19.8. The molecule has 1 amide bonds. The van der Waals surface area contributed by atoms with Crippen LogP contribution >= 0.6 is 0 Å². The van der Waals surface area contributed by atoms with Gasteiger partial charge >= 0.3 is 0 Å². The second-order valence-corrected chi connectivity index (χ2v) is 6.44. The van der Waals surface area contributed by atoms with Crippen LogP contribution in [-0.2, 0) is 6.54 Å². The zero-order valence-electron chi connectivity index (χ0n) is 14.3. The number of likely N-dealkylation sites (tertiary alicyclic amines) is 1. The van der Waals surface area contributed by atoms with E-state index in [1.165, 1.54) is 0 Å². The van der Waals surface area contributed by atoms with Crippen LogP contribution in [0.1, 0.15) is 34.9 Å². The van der Waals surface area contributed by atoms with Crippen LogP contribution < -0.4 is 14.8 Å². The second kappa shape index (κ2) is 6.76. The monoisotopic (exact) mass is 342 g/mol. The van der Waals surface area contributed by atoms with Crippen molar-refractivity contribution >= 4 is 5.91 Å². The summed E-state index contributed by atoms with van der Waals surface area (Å²) in [5.41, 5.74) is 1.62. The topological polar surface area (TPSA) is 68.6 Å². The summed E-state index contributed by atoms with van der Waals surface area (Å²) in [6.45, 7) is 3.07. The third-order valence-electron chi connectivity index (χ3n) is 4.79. The smallest absolute Gasteiger partial charge is 0.271 e. The van der Waals surface area contributed by atoms with Crippen molar-refractivity contribution in [2.75, 3.05) is 26.9 Å². The van der Waals surface area contributed by atoms with Crippen LogP contribution in [0.25, 0.3) is 0 Å². The Morgan fingerprint density at radius 1 is 1.36 bits per heavy atom. The highest BCUT2D eigenvalue weighted by molar-refractivity contribution is 5.91. The number of benzene rings is 1. The number of nitrogens with one attached hydrogen (secondary N) is 1. The molecular weight excluding hydrogens is 320 g/mol. The Hall–Kier alpha value is -2.54. The number of piperidine rings is 1. The second-order valence-electron chi connectivity index (χ2n) is 6.44. The Balaban J connectivity index is 1.46. The average Bonchev–Trinajstić information content (AvgIpc) is 3.31. The molecule has 0 bridgehead atoms. The van der Waals surface area contributed by atoms with Crippen molar-refractivity contribution in [3.8, 4) is 11.5 Å². The fourth-order valence-electron chi connectivity index (χ4n) is 3.54. The van der Waals surface area contributed by atoms with Crippen LogP contribution in [-0.4, -0.2) is 47.5 Å². The Morgan fingerprint density at radius 3 is 3.16 bits per heavy atom. The molecule has 0 spiro atoms. The molecule has 1 saturated heterocycles. The maximum atomic E-state index is 11.7. The Labute approximate surface area is 146 Å². The van der Waals surface area contributed by atoms with Crippen LogP contribution in [0.15, 0.2) is 30.5 Å². The third-order valence-corrected chi connectivity index (χ3v) is 4.79. The number of rotatable bonds is 4. The van der Waals surface area contributed by atoms with E-state index >= 15 is 0 Å². The van der Waals surface area contributed by atoms with Crippen LogP contribution in [0.5, 0.6) is 11.5 Å². The van der Waals surface area contributed by atoms with Crippen LogP contribution in [0, 0.1) is 0 Å². The fourth-order valence-corrected chi connectivity index (χ4v) is 3.54. The first-order valence-corrected chi connectivity index (χ1v) is 8.61. The lowest BCUT2D eigenvalue weighted by atomic mass is 10.0. The molecule has 2 aliphatic heterocycles. The summed E-state index contributed by atoms with van der Waals surface area (Å²) in [6, 6.07) is 8.09. The van der Waals surface area contributed by atoms with Crippen LogP contribution in [0.3, 0.4) is 0 Å². The molecule has 4 rings (SSSR count). The van der Waals surface area contributed by atoms with Gasteiger partial charge in [0.25, 0.3) is 5.91 Å². The highest BCUT2D eigenvalue weighted by Crippen LogP contribution is 2.36. The molecule has 7 nitrogen and oxygen atoms in total. The maximum absolute atomic E-state index is 11.7. The molecule has 0 aliphatic carbocycles. The van der Waals surface area contributed by atoms with Gasteiger partial charge in [-0.05, 0) is 31.5 Å². The summed E-state index contributed by atoms with van der Waals surface area (Å²) in [7, 11) is 1.62. The zero-order chi connectivity index (χ0) is 17.2. The van der Waals surface area contributed by atoms with E-state index in [9.17, 15) is 4.79 Å². The largest absolute Gasteiger partial charge is 0.454 e. The van der Waals surface area contributed by atoms with Crippen molar-refractivity contribution in [3.63, 3.8) is 0 Å². The van der Waals surface area contributed by atoms with Gasteiger partial charge in [0.1, 0.15) is 5.69 Å². The summed E-state index contributed by atoms with van der Waals surface area (Å²) in [5, 5.41) is 7.05. The van der Waals surface area contributed by atoms with Crippen molar-refractivity contribution < 1.29 is 14.3 Å². The van der Waals surface area contributed by atoms with E-state index in [-0.39, 0.29) is 11.9 Å². The summed E-state index contributed by atoms with van der Waals surface area (Å²) >= 11 is 0. The molecule has 0 radical (unpaired) electrons. The molecule has 2 aliphatic rings. The average molecular weight is 342 g/mol. The lowest BCUT2D eigenvalue weighted by Crippen LogP contribution is -2.36. The molecule has 1 fully saturated rings. The molecule has 2 aromatic rings. The maximum Gasteiger partial charge on any atom is 0.271 e. The van der Waals surface area contributed by atoms with Gasteiger partial charge in [-0.1, -0.05) is 12.1 Å². The quantitative estimate of drug-likeness (QED) is 0.918. The molecule has 7 heteroatoms. The van der Waals surface area contributed by atoms with E-state index in [2.05, 4.69) is 21.4 Å². The van der Waals surface area contributed by atoms with Gasteiger partial charge in [0.05, 0.1) is 6.04 Å². The Morgan fingerprint density at radius 2 is 2.28 bits per heavy atom. The summed E-state index contributed by atoms with van der Waals surface area (Å²) < 4.78 is 13.0. The number of aromatic nitrogens is 2. The molecule has 132 valence electrons. The number of ether oxygens (including phenoxy) is 2. The first-order chi connectivity index (χ1) is 12.2. The van der Waals surface area contributed by atoms with Crippen molar-refractivity contribution in [1.29, 1.82) is 0 Å². The first-order valence-electron chi connectivity index (χ1n) is 8.61. The number of carbonyl (C=O) groups is 1. The van der Waals surface area contributed by atoms with Crippen molar-refractivity contribution in [1.82, 2.24) is 20.0 Å². The molecule has 1 aromatic heterocycles. The molecule has 25 heavy (non-hydrogen) atoms. The highest BCUT2D eigenvalue weighted by atomic mass is 16.7. The van der Waals surface area contributed by atoms with E-state index in [0.29, 0.717) is 12.5 Å². The van der Waals surface area contributed by atoms with Gasteiger partial charge in [0.15, 0.2) is 11.5 Å². The van der Waals surface area contributed by atoms with E-state index in [0.717, 1.165) is 49.5 Å². The molecule has 1 aromatic carbocycles. The van der Waals surface area contributed by atoms with Gasteiger partial charge in [-0.25, -0.2) is 0 Å². The number of hydrogen-bond donors (Lipinski definition) is 1. The van der Waals surface area contributed by atoms with Gasteiger partial charge in [-0.3, -0.25) is 14.4 Å². The molecule has 1 atom stereocenters. The van der Waals surface area contributed by atoms with Gasteiger partial charge in [0, 0.05) is 31.9 Å². The number of para-hydroxylation sites is 1. The minimum atomic E-state index is -0.150. The van der Waals surface area contributed by atoms with E-state index < -0.39 is 0 Å². The SMILES string of the molecule is CNC(=O)c1ccn([C@H]2CCCN(Cc3cccc4c3OCO4)C2)n1. The number of fused-ring (bicyclic) bond motifs is 1. The summed E-state index contributed by atoms with van der Waals surface area (Å²) in [5.74, 6) is 1.54. The number of carbonyl (C=O) groups excluding carboxylic acids is 1. The molecule has 1 N–H and O–H groups in total. The van der Waals surface area contributed by atoms with Crippen molar-refractivity contribution in [2.24, 2.45) is 0 Å². The minimum absolute atomic E-state index is 0.150. The Bertz CT molecular complexity index is 773. The van der Waals surface area contributed by atoms with E-state index in [1.54, 1.807) is 13.1 Å². The summed E-state index contributed by atoms with van der Waals surface area (Å²) in [4.78, 5) is 14.1. The van der Waals surface area contributed by atoms with E-state index in [1.807, 2.05) is 23.0 Å². The minimum Gasteiger partial charge on any atom is -0.454 e. The number of amides is 1. The van der Waals surface area contributed by atoms with E-state index in [4.69, 9.17) is 9.47 Å². The van der Waals surface area contributed by atoms with Crippen LogP contribution in [0.4, 0.5) is 0 Å². The molecular formula is C18H22N4O3. The molecule has 0 saturated carbocycles. The van der Waals surface area contributed by atoms with Crippen molar-refractivity contribution in [3.05, 3.63) is 41.7 Å². The van der Waals surface area contributed by atoms with Gasteiger partial charge in [-0.15, -0.1) is 0 Å². The summed E-state index contributed by atoms with van der Waals surface area (Å²) in [6.07, 6.45) is 4.07. The van der Waals surface area contributed by atoms with Crippen molar-refractivity contribution in [2.45, 2.75) is 25.4 Å². The standard InChI is InChI=1S/C18H22N4O3/c1-19-18(23)15-7-9-22(20-15)14-5-3-8-21(11-14)10-13-4-2-6-16-17(13)25-12-24-16/h2,4,6-7,9,14H,3,5,8,10-12H2,1H3,(H,19,23)/t14-/m0/s1. The lowest BCUT2D eigenvalue weighted by Gasteiger charge is -2.33. The van der Waals surface area contributed by atoms with Gasteiger partial charge in [0.2, 0.25) is 6.79 Å². The Kier molecular flexibility index (Phi) is 4.31. The number of hydrogen-bond acceptors (Lipinski definition) is 5. The predicted octanol–water partition coefficient (Wildman–Crippen LogP) is 1.81. The third kappa shape index (κ3) is 3.19. The van der Waals surface area contributed by atoms with Gasteiger partial charge < -0.3 is 14.8 Å². The predicted molar refractivity (Wildman–Crippen MR) is 91.7 cm³/mol. The number of nitrogens with zero attached hydrogens (tertiary/aromatic N) is 3. The van der Waals surface area contributed by atoms with Crippen LogP contribution in [0.2, 0.25) is 0 Å². The molecule has 3 heterocycles. The first kappa shape index (κ1) is 16.0. The zero-order valence-corrected chi connectivity index (χ0v) is 14.3.